The first-order valence-electron chi connectivity index (χ1n) is 42.6. The Labute approximate surface area is 724 Å². The van der Waals surface area contributed by atoms with E-state index in [1.54, 1.807) is 42.5 Å². The van der Waals surface area contributed by atoms with Gasteiger partial charge >= 0.3 is 18.3 Å². The second-order valence-corrected chi connectivity index (χ2v) is 33.6. The Kier molecular flexibility index (Phi) is 30.2. The highest BCUT2D eigenvalue weighted by atomic mass is 19.3. The highest BCUT2D eigenvalue weighted by Crippen LogP contribution is 2.48. The van der Waals surface area contributed by atoms with E-state index in [9.17, 15) is 105 Å². The second-order valence-electron chi connectivity index (χ2n) is 33.6. The summed E-state index contributed by atoms with van der Waals surface area (Å²) < 4.78 is 348. The molecule has 0 aliphatic heterocycles. The zero-order chi connectivity index (χ0) is 91.8. The van der Waals surface area contributed by atoms with Crippen molar-refractivity contribution in [3.05, 3.63) is 325 Å². The summed E-state index contributed by atoms with van der Waals surface area (Å²) in [7, 11) is 0. The molecule has 0 amide bonds. The van der Waals surface area contributed by atoms with Crippen LogP contribution in [0.3, 0.4) is 0 Å². The Morgan fingerprint density at radius 1 is 0.250 bits per heavy atom. The van der Waals surface area contributed by atoms with Crippen molar-refractivity contribution >= 4 is 0 Å². The normalized spacial score (nSPS) is 17.7. The smallest absolute Gasteiger partial charge is 0.429 e. The lowest BCUT2D eigenvalue weighted by atomic mass is 9.68. The molecular weight excluding hydrogens is 1720 g/mol. The van der Waals surface area contributed by atoms with Gasteiger partial charge < -0.3 is 14.2 Å². The van der Waals surface area contributed by atoms with Gasteiger partial charge in [-0.15, -0.1) is 0 Å². The van der Waals surface area contributed by atoms with Gasteiger partial charge in [0.15, 0.2) is 52.4 Å². The molecule has 0 N–H and O–H groups in total. The van der Waals surface area contributed by atoms with Gasteiger partial charge in [0.1, 0.15) is 86.3 Å². The molecule has 27 heteroatoms. The Balaban J connectivity index is 0.000000146. The fourth-order valence-electron chi connectivity index (χ4n) is 18.0. The van der Waals surface area contributed by atoms with Gasteiger partial charge in [0, 0.05) is 47.5 Å². The predicted octanol–water partition coefficient (Wildman–Crippen LogP) is 32.9. The van der Waals surface area contributed by atoms with Crippen LogP contribution in [0.5, 0.6) is 17.2 Å². The largest absolute Gasteiger partial charge is 0.432 e. The molecule has 0 atom stereocenters. The summed E-state index contributed by atoms with van der Waals surface area (Å²) in [5, 5.41) is 0. The summed E-state index contributed by atoms with van der Waals surface area (Å²) in [5.74, 6) is -26.2. The van der Waals surface area contributed by atoms with E-state index in [1.165, 1.54) is 83.1 Å². The molecule has 5 saturated carbocycles. The van der Waals surface area contributed by atoms with Crippen LogP contribution in [0.2, 0.25) is 0 Å². The fourth-order valence-corrected chi connectivity index (χ4v) is 18.0. The van der Waals surface area contributed by atoms with Gasteiger partial charge in [0.2, 0.25) is 0 Å². The quantitative estimate of drug-likeness (QED) is 0.0432. The summed E-state index contributed by atoms with van der Waals surface area (Å²) in [4.78, 5) is 0. The van der Waals surface area contributed by atoms with Crippen LogP contribution in [0.15, 0.2) is 176 Å². The summed E-state index contributed by atoms with van der Waals surface area (Å²) in [6.07, 6.45) is 13.7. The molecule has 128 heavy (non-hydrogen) atoms. The first-order chi connectivity index (χ1) is 60.9. The van der Waals surface area contributed by atoms with E-state index in [0.29, 0.717) is 52.5 Å². The van der Waals surface area contributed by atoms with Crippen molar-refractivity contribution in [2.45, 2.75) is 204 Å². The van der Waals surface area contributed by atoms with E-state index in [4.69, 9.17) is 0 Å². The number of alkyl halides is 6. The molecule has 0 unspecified atom stereocenters. The third-order valence-corrected chi connectivity index (χ3v) is 25.2. The number of hydrogen-bond donors (Lipinski definition) is 0. The van der Waals surface area contributed by atoms with Crippen molar-refractivity contribution in [2.75, 3.05) is 0 Å². The molecule has 11 aromatic carbocycles. The van der Waals surface area contributed by atoms with E-state index in [1.807, 2.05) is 42.5 Å². The van der Waals surface area contributed by atoms with Gasteiger partial charge in [-0.25, -0.2) is 79.0 Å². The molecule has 0 spiro atoms. The van der Waals surface area contributed by atoms with Crippen LogP contribution in [0.1, 0.15) is 223 Å². The SMILES string of the molecule is CCCC1CCC(C2CCC(c3ccc(-c4cc(F)c(F)c(F)c4)c(F)c3)CC2)CC1.Cc1c(F)cc(OC(F)(F)c2c(F)cc(-c3ccc(C4CCCC4)cc3)cc2F)cc1F.Fc1cc(OC(F)(F)c2c(F)cc(-c3ccc(C4CCC4)cc3)cc2F)cc(F)c1F.Fc1cc(OC(F)(F)c2c(F)cc(-c3ccc(C4CCCCCC4)cc3)cc2F)cc(F)c1F. The van der Waals surface area contributed by atoms with Crippen LogP contribution in [0, 0.1) is 129 Å². The molecule has 11 aromatic rings. The molecule has 5 aliphatic carbocycles. The second kappa shape index (κ2) is 40.9. The minimum atomic E-state index is -4.62. The van der Waals surface area contributed by atoms with Gasteiger partial charge in [-0.3, -0.25) is 0 Å². The van der Waals surface area contributed by atoms with Crippen molar-refractivity contribution in [1.82, 2.24) is 0 Å². The highest BCUT2D eigenvalue weighted by molar-refractivity contribution is 5.68. The summed E-state index contributed by atoms with van der Waals surface area (Å²) >= 11 is 0. The lowest BCUT2D eigenvalue weighted by Gasteiger charge is -2.38. The van der Waals surface area contributed by atoms with E-state index >= 15 is 0 Å². The average molecular weight is 1810 g/mol. The van der Waals surface area contributed by atoms with Crippen LogP contribution < -0.4 is 14.2 Å². The van der Waals surface area contributed by atoms with Crippen LogP contribution in [-0.2, 0) is 18.3 Å². The number of hydrogen-bond acceptors (Lipinski definition) is 3. The Bertz CT molecular complexity index is 5550. The minimum Gasteiger partial charge on any atom is -0.429 e. The fraction of sp³-hybridized carbons (Fsp3) is 0.347. The maximum absolute atomic E-state index is 14.8. The molecule has 0 radical (unpaired) electrons. The molecule has 0 aromatic heterocycles. The number of ether oxygens (including phenoxy) is 3. The summed E-state index contributed by atoms with van der Waals surface area (Å²) in [6.45, 7) is 3.39. The van der Waals surface area contributed by atoms with E-state index in [2.05, 4.69) is 21.1 Å². The Morgan fingerprint density at radius 3 is 0.812 bits per heavy atom. The molecule has 16 rings (SSSR count). The third-order valence-electron chi connectivity index (χ3n) is 25.2. The Hall–Kier alpha value is -10.9. The van der Waals surface area contributed by atoms with Crippen molar-refractivity contribution in [3.63, 3.8) is 0 Å². The van der Waals surface area contributed by atoms with Gasteiger partial charge in [-0.05, 0) is 241 Å². The molecule has 678 valence electrons. The number of halogens is 24. The van der Waals surface area contributed by atoms with Gasteiger partial charge in [-0.1, -0.05) is 162 Å². The molecular formula is C101H88F24O3. The lowest BCUT2D eigenvalue weighted by Crippen LogP contribution is -2.25. The number of rotatable bonds is 20. The zero-order valence-electron chi connectivity index (χ0n) is 69.3. The molecule has 5 aliphatic rings. The van der Waals surface area contributed by atoms with Crippen LogP contribution in [0.4, 0.5) is 105 Å². The van der Waals surface area contributed by atoms with E-state index < -0.39 is 157 Å². The van der Waals surface area contributed by atoms with Crippen molar-refractivity contribution in [1.29, 1.82) is 0 Å². The van der Waals surface area contributed by atoms with Gasteiger partial charge in [0.25, 0.3) is 0 Å². The van der Waals surface area contributed by atoms with Crippen molar-refractivity contribution < 1.29 is 120 Å². The van der Waals surface area contributed by atoms with Gasteiger partial charge in [0.05, 0.1) is 0 Å². The standard InChI is InChI=1S/C27H32F4.C26H21F7O.C25H20F6O.C23H15F7O/c1-2-3-17-4-6-18(7-5-17)19-8-10-20(11-9-19)21-12-13-23(24(28)14-21)22-15-25(29)27(31)26(30)16-22;27-20-11-18(17-9-7-16(8-10-17)15-5-3-1-2-4-6-15)12-21(28)24(20)26(32,33)34-19-13-22(29)25(31)23(30)14-19;1-14-20(26)12-19(13-21(14)27)32-25(30,31)24-22(28)10-18(11-23(24)29)17-8-6-16(7-9-17)15-4-2-3-5-15;24-17-8-15(14-6-4-13(5-7-14)12-2-1-3-12)9-18(25)21(17)23(29,30)31-16-10-19(26)22(28)20(27)11-16/h12-20H,2-11H2,1H3;7-15H,1-6H2;6-13,15H,2-5H2,1H3;4-12H,1-3H2. The van der Waals surface area contributed by atoms with Gasteiger partial charge in [-0.2, -0.15) is 26.3 Å². The van der Waals surface area contributed by atoms with Crippen LogP contribution in [0.25, 0.3) is 44.5 Å². The van der Waals surface area contributed by atoms with E-state index in [-0.39, 0.29) is 57.6 Å². The molecule has 0 bridgehead atoms. The number of benzene rings is 11. The Morgan fingerprint density at radius 2 is 0.516 bits per heavy atom. The molecule has 0 heterocycles. The zero-order valence-corrected chi connectivity index (χ0v) is 69.3. The maximum Gasteiger partial charge on any atom is 0.432 e. The first-order valence-corrected chi connectivity index (χ1v) is 42.6. The monoisotopic (exact) mass is 1800 g/mol. The molecule has 3 nitrogen and oxygen atoms in total. The highest BCUT2D eigenvalue weighted by Gasteiger charge is 2.45. The molecule has 0 saturated heterocycles. The van der Waals surface area contributed by atoms with Crippen LogP contribution >= 0.6 is 0 Å². The summed E-state index contributed by atoms with van der Waals surface area (Å²) in [5.41, 5.74) is 0.469. The first kappa shape index (κ1) is 94.7. The third kappa shape index (κ3) is 22.5. The van der Waals surface area contributed by atoms with Crippen LogP contribution in [-0.4, -0.2) is 0 Å². The maximum atomic E-state index is 14.8. The lowest BCUT2D eigenvalue weighted by molar-refractivity contribution is -0.190. The average Bonchev–Trinajstić information content (AvgIpc) is 0.849. The van der Waals surface area contributed by atoms with Crippen molar-refractivity contribution in [3.8, 4) is 61.8 Å². The summed E-state index contributed by atoms with van der Waals surface area (Å²) in [6, 6.07) is 34.1. The minimum absolute atomic E-state index is 0.0165. The van der Waals surface area contributed by atoms with Crippen molar-refractivity contribution in [2.24, 2.45) is 17.8 Å². The van der Waals surface area contributed by atoms with E-state index in [0.717, 1.165) is 166 Å². The predicted molar refractivity (Wildman–Crippen MR) is 438 cm³/mol. The molecule has 5 fully saturated rings. The topological polar surface area (TPSA) is 27.7 Å².